The van der Waals surface area contributed by atoms with Crippen molar-refractivity contribution in [3.63, 3.8) is 0 Å². The molecule has 166 valence electrons. The third-order valence-corrected chi connectivity index (χ3v) is 7.29. The van der Waals surface area contributed by atoms with Crippen molar-refractivity contribution in [1.82, 2.24) is 15.3 Å². The summed E-state index contributed by atoms with van der Waals surface area (Å²) in [4.78, 5) is 8.95. The van der Waals surface area contributed by atoms with E-state index in [-0.39, 0.29) is 17.4 Å². The number of aromatic hydroxyl groups is 1. The predicted octanol–water partition coefficient (Wildman–Crippen LogP) is 3.87. The molecular weight excluding hydrogens is 424 g/mol. The minimum Gasteiger partial charge on any atom is -0.508 e. The van der Waals surface area contributed by atoms with Crippen molar-refractivity contribution in [3.05, 3.63) is 72.1 Å². The first-order valence-corrected chi connectivity index (χ1v) is 12.2. The number of hydrogen-bond acceptors (Lipinski definition) is 7. The highest BCUT2D eigenvalue weighted by atomic mass is 32.2. The van der Waals surface area contributed by atoms with Crippen molar-refractivity contribution < 1.29 is 13.5 Å². The number of rotatable bonds is 7. The highest BCUT2D eigenvalue weighted by molar-refractivity contribution is 7.91. The van der Waals surface area contributed by atoms with Crippen molar-refractivity contribution in [3.8, 4) is 5.75 Å². The van der Waals surface area contributed by atoms with Gasteiger partial charge in [-0.05, 0) is 73.8 Å². The highest BCUT2D eigenvalue weighted by Crippen LogP contribution is 2.22. The van der Waals surface area contributed by atoms with Gasteiger partial charge in [0.05, 0.1) is 10.6 Å². The van der Waals surface area contributed by atoms with E-state index in [1.165, 1.54) is 0 Å². The lowest BCUT2D eigenvalue weighted by molar-refractivity contribution is 0.401. The molecule has 0 atom stereocenters. The number of aromatic nitrogens is 2. The highest BCUT2D eigenvalue weighted by Gasteiger charge is 2.22. The molecule has 1 saturated heterocycles. The molecule has 0 saturated carbocycles. The molecule has 1 fully saturated rings. The van der Waals surface area contributed by atoms with Crippen molar-refractivity contribution >= 4 is 33.6 Å². The van der Waals surface area contributed by atoms with Crippen LogP contribution in [0, 0.1) is 5.92 Å². The average Bonchev–Trinajstić information content (AvgIpc) is 2.79. The standard InChI is InChI=1S/C24H26N4O3S/c29-22-3-1-2-18(14-22)4-5-20-15-26-24(27-16-20)28-21-6-8-23(9-7-21)32(30,31)17-19-10-12-25-13-11-19/h1-9,14-16,19,25,29H,10-13,17H2,(H,26,27,28). The Bertz CT molecular complexity index is 1170. The second-order valence-corrected chi connectivity index (χ2v) is 9.93. The Morgan fingerprint density at radius 1 is 1.00 bits per heavy atom. The monoisotopic (exact) mass is 450 g/mol. The molecule has 0 radical (unpaired) electrons. The molecule has 1 aliphatic rings. The van der Waals surface area contributed by atoms with Crippen LogP contribution in [0.15, 0.2) is 65.8 Å². The number of nitrogens with zero attached hydrogens (tertiary/aromatic N) is 2. The zero-order chi connectivity index (χ0) is 22.4. The van der Waals surface area contributed by atoms with Gasteiger partial charge in [-0.1, -0.05) is 24.3 Å². The van der Waals surface area contributed by atoms with Crippen LogP contribution in [-0.4, -0.2) is 42.3 Å². The van der Waals surface area contributed by atoms with E-state index < -0.39 is 9.84 Å². The largest absolute Gasteiger partial charge is 0.508 e. The molecule has 1 aromatic heterocycles. The van der Waals surface area contributed by atoms with E-state index in [1.54, 1.807) is 54.9 Å². The molecule has 7 nitrogen and oxygen atoms in total. The van der Waals surface area contributed by atoms with Crippen LogP contribution in [0.3, 0.4) is 0 Å². The Morgan fingerprint density at radius 2 is 1.69 bits per heavy atom. The Morgan fingerprint density at radius 3 is 2.38 bits per heavy atom. The van der Waals surface area contributed by atoms with Crippen LogP contribution in [0.25, 0.3) is 12.2 Å². The number of piperidine rings is 1. The van der Waals surface area contributed by atoms with E-state index in [0.717, 1.165) is 37.1 Å². The summed E-state index contributed by atoms with van der Waals surface area (Å²) in [5.74, 6) is 1.05. The summed E-state index contributed by atoms with van der Waals surface area (Å²) in [6, 6.07) is 13.7. The topological polar surface area (TPSA) is 104 Å². The van der Waals surface area contributed by atoms with Gasteiger partial charge in [-0.3, -0.25) is 0 Å². The lowest BCUT2D eigenvalue weighted by Gasteiger charge is -2.22. The first kappa shape index (κ1) is 22.0. The number of phenolic OH excluding ortho intramolecular Hbond substituents is 1. The molecule has 32 heavy (non-hydrogen) atoms. The van der Waals surface area contributed by atoms with Crippen LogP contribution in [0.2, 0.25) is 0 Å². The van der Waals surface area contributed by atoms with Crippen LogP contribution >= 0.6 is 0 Å². The molecule has 2 heterocycles. The van der Waals surface area contributed by atoms with Crippen LogP contribution in [0.5, 0.6) is 5.75 Å². The Labute approximate surface area is 188 Å². The lowest BCUT2D eigenvalue weighted by atomic mass is 10.0. The third-order valence-electron chi connectivity index (χ3n) is 5.39. The van der Waals surface area contributed by atoms with Crippen LogP contribution < -0.4 is 10.6 Å². The fourth-order valence-electron chi connectivity index (χ4n) is 3.64. The quantitative estimate of drug-likeness (QED) is 0.502. The van der Waals surface area contributed by atoms with Crippen molar-refractivity contribution in [2.75, 3.05) is 24.2 Å². The van der Waals surface area contributed by atoms with E-state index in [9.17, 15) is 13.5 Å². The summed E-state index contributed by atoms with van der Waals surface area (Å²) in [6.07, 6.45) is 8.90. The van der Waals surface area contributed by atoms with Crippen molar-refractivity contribution in [2.45, 2.75) is 17.7 Å². The normalized spacial score (nSPS) is 15.1. The number of anilines is 2. The molecule has 1 aliphatic heterocycles. The van der Waals surface area contributed by atoms with Gasteiger partial charge in [0.2, 0.25) is 5.95 Å². The number of benzene rings is 2. The van der Waals surface area contributed by atoms with Gasteiger partial charge in [-0.25, -0.2) is 18.4 Å². The molecule has 0 bridgehead atoms. The van der Waals surface area contributed by atoms with E-state index in [0.29, 0.717) is 16.5 Å². The molecule has 0 spiro atoms. The SMILES string of the molecule is O=S(=O)(CC1CCNCC1)c1ccc(Nc2ncc(C=Cc3cccc(O)c3)cn2)cc1. The zero-order valence-corrected chi connectivity index (χ0v) is 18.4. The first-order valence-electron chi connectivity index (χ1n) is 10.6. The molecule has 2 aromatic carbocycles. The summed E-state index contributed by atoms with van der Waals surface area (Å²) >= 11 is 0. The van der Waals surface area contributed by atoms with Gasteiger partial charge in [-0.15, -0.1) is 0 Å². The predicted molar refractivity (Wildman–Crippen MR) is 126 cm³/mol. The van der Waals surface area contributed by atoms with E-state index in [2.05, 4.69) is 20.6 Å². The molecule has 3 N–H and O–H groups in total. The fourth-order valence-corrected chi connectivity index (χ4v) is 5.34. The number of phenols is 1. The zero-order valence-electron chi connectivity index (χ0n) is 17.6. The van der Waals surface area contributed by atoms with Gasteiger partial charge in [0.15, 0.2) is 9.84 Å². The minimum absolute atomic E-state index is 0.197. The molecule has 4 rings (SSSR count). The second-order valence-electron chi connectivity index (χ2n) is 7.89. The van der Waals surface area contributed by atoms with Gasteiger partial charge < -0.3 is 15.7 Å². The Kier molecular flexibility index (Phi) is 6.82. The average molecular weight is 451 g/mol. The molecule has 0 aliphatic carbocycles. The Balaban J connectivity index is 1.37. The second kappa shape index (κ2) is 9.93. The molecule has 8 heteroatoms. The summed E-state index contributed by atoms with van der Waals surface area (Å²) in [5.41, 5.74) is 2.41. The van der Waals surface area contributed by atoms with Crippen molar-refractivity contribution in [1.29, 1.82) is 0 Å². The number of hydrogen-bond donors (Lipinski definition) is 3. The summed E-state index contributed by atoms with van der Waals surface area (Å²) in [5, 5.41) is 15.9. The Hall–Kier alpha value is -3.23. The summed E-state index contributed by atoms with van der Waals surface area (Å²) in [6.45, 7) is 1.76. The first-order chi connectivity index (χ1) is 15.5. The fraction of sp³-hybridized carbons (Fsp3) is 0.250. The van der Waals surface area contributed by atoms with Gasteiger partial charge in [-0.2, -0.15) is 0 Å². The number of nitrogens with one attached hydrogen (secondary N) is 2. The third kappa shape index (κ3) is 5.93. The minimum atomic E-state index is -3.30. The molecular formula is C24H26N4O3S. The van der Waals surface area contributed by atoms with Gasteiger partial charge in [0.1, 0.15) is 5.75 Å². The maximum Gasteiger partial charge on any atom is 0.227 e. The molecule has 0 amide bonds. The van der Waals surface area contributed by atoms with Crippen LogP contribution in [0.1, 0.15) is 24.0 Å². The van der Waals surface area contributed by atoms with E-state index in [1.807, 2.05) is 18.2 Å². The van der Waals surface area contributed by atoms with Gasteiger partial charge in [0, 0.05) is 23.6 Å². The van der Waals surface area contributed by atoms with Crippen molar-refractivity contribution in [2.24, 2.45) is 5.92 Å². The maximum atomic E-state index is 12.7. The lowest BCUT2D eigenvalue weighted by Crippen LogP contribution is -2.31. The van der Waals surface area contributed by atoms with E-state index >= 15 is 0 Å². The maximum absolute atomic E-state index is 12.7. The number of sulfone groups is 1. The van der Waals surface area contributed by atoms with Crippen LogP contribution in [0.4, 0.5) is 11.6 Å². The van der Waals surface area contributed by atoms with Gasteiger partial charge >= 0.3 is 0 Å². The molecule has 0 unspecified atom stereocenters. The van der Waals surface area contributed by atoms with Crippen LogP contribution in [-0.2, 0) is 9.84 Å². The summed E-state index contributed by atoms with van der Waals surface area (Å²) < 4.78 is 25.4. The van der Waals surface area contributed by atoms with Gasteiger partial charge in [0.25, 0.3) is 0 Å². The smallest absolute Gasteiger partial charge is 0.227 e. The summed E-state index contributed by atoms with van der Waals surface area (Å²) in [7, 11) is -3.30. The van der Waals surface area contributed by atoms with E-state index in [4.69, 9.17) is 0 Å². The molecule has 3 aromatic rings.